The molecule has 1 amide bonds. The van der Waals surface area contributed by atoms with Gasteiger partial charge in [-0.1, -0.05) is 41.9 Å². The second kappa shape index (κ2) is 5.76. The number of benzene rings is 2. The summed E-state index contributed by atoms with van der Waals surface area (Å²) in [6, 6.07) is 16.5. The number of amidine groups is 1. The number of hydrogen-bond donors (Lipinski definition) is 1. The lowest BCUT2D eigenvalue weighted by atomic mass is 10.2. The average Bonchev–Trinajstić information content (AvgIpc) is 2.77. The Morgan fingerprint density at radius 2 is 1.71 bits per heavy atom. The molecule has 0 saturated carbocycles. The molecule has 0 unspecified atom stereocenters. The summed E-state index contributed by atoms with van der Waals surface area (Å²) < 4.78 is 0. The Morgan fingerprint density at radius 3 is 2.38 bits per heavy atom. The molecule has 2 aromatic carbocycles. The zero-order valence-corrected chi connectivity index (χ0v) is 12.5. The molecule has 21 heavy (non-hydrogen) atoms. The van der Waals surface area contributed by atoms with Crippen LogP contribution in [0.3, 0.4) is 0 Å². The fraction of sp³-hybridized carbons (Fsp3) is 0. The summed E-state index contributed by atoms with van der Waals surface area (Å²) in [6.07, 6.45) is 1.78. The van der Waals surface area contributed by atoms with Gasteiger partial charge in [-0.2, -0.15) is 0 Å². The van der Waals surface area contributed by atoms with Gasteiger partial charge in [0.15, 0.2) is 5.17 Å². The van der Waals surface area contributed by atoms with Crippen molar-refractivity contribution in [3.63, 3.8) is 0 Å². The molecule has 1 heterocycles. The van der Waals surface area contributed by atoms with E-state index in [1.807, 2.05) is 42.5 Å². The Morgan fingerprint density at radius 1 is 1.05 bits per heavy atom. The van der Waals surface area contributed by atoms with E-state index >= 15 is 0 Å². The Kier molecular flexibility index (Phi) is 3.82. The van der Waals surface area contributed by atoms with Crippen molar-refractivity contribution < 1.29 is 4.79 Å². The van der Waals surface area contributed by atoms with Crippen molar-refractivity contribution in [3.8, 4) is 0 Å². The van der Waals surface area contributed by atoms with Crippen molar-refractivity contribution in [2.45, 2.75) is 0 Å². The third kappa shape index (κ3) is 2.86. The normalized spacial score (nSPS) is 16.8. The van der Waals surface area contributed by atoms with Crippen LogP contribution in [-0.2, 0) is 4.79 Å². The highest BCUT2D eigenvalue weighted by Crippen LogP contribution is 2.35. The van der Waals surface area contributed by atoms with Crippen LogP contribution in [0.5, 0.6) is 0 Å². The van der Waals surface area contributed by atoms with Crippen LogP contribution >= 0.6 is 23.4 Å². The number of nitrogens with one attached hydrogen (secondary N) is 1. The van der Waals surface area contributed by atoms with Gasteiger partial charge < -0.3 is 0 Å². The van der Waals surface area contributed by atoms with Crippen molar-refractivity contribution in [2.24, 2.45) is 0 Å². The third-order valence-corrected chi connectivity index (χ3v) is 4.15. The van der Waals surface area contributed by atoms with Gasteiger partial charge in [0, 0.05) is 5.02 Å². The van der Waals surface area contributed by atoms with Gasteiger partial charge in [-0.05, 0) is 47.7 Å². The predicted octanol–water partition coefficient (Wildman–Crippen LogP) is 4.40. The van der Waals surface area contributed by atoms with E-state index in [1.165, 1.54) is 4.90 Å². The first kappa shape index (κ1) is 13.9. The molecule has 0 aromatic heterocycles. The molecule has 0 spiro atoms. The van der Waals surface area contributed by atoms with Crippen LogP contribution in [0.25, 0.3) is 6.08 Å². The van der Waals surface area contributed by atoms with Gasteiger partial charge in [-0.25, -0.2) is 0 Å². The Balaban J connectivity index is 1.92. The summed E-state index contributed by atoms with van der Waals surface area (Å²) in [5.74, 6) is -0.175. The highest BCUT2D eigenvalue weighted by Gasteiger charge is 2.33. The lowest BCUT2D eigenvalue weighted by Crippen LogP contribution is -2.27. The summed E-state index contributed by atoms with van der Waals surface area (Å²) in [4.78, 5) is 14.4. The van der Waals surface area contributed by atoms with Gasteiger partial charge in [0.2, 0.25) is 0 Å². The zero-order valence-electron chi connectivity index (χ0n) is 10.9. The molecule has 1 N–H and O–H groups in total. The quantitative estimate of drug-likeness (QED) is 0.835. The molecule has 3 rings (SSSR count). The molecule has 0 radical (unpaired) electrons. The van der Waals surface area contributed by atoms with E-state index in [4.69, 9.17) is 17.0 Å². The summed E-state index contributed by atoms with van der Waals surface area (Å²) in [5.41, 5.74) is 1.59. The maximum absolute atomic E-state index is 12.5. The fourth-order valence-electron chi connectivity index (χ4n) is 2.01. The first-order valence-corrected chi connectivity index (χ1v) is 7.48. The maximum Gasteiger partial charge on any atom is 0.271 e. The maximum atomic E-state index is 12.5. The molecule has 1 aliphatic heterocycles. The number of halogens is 1. The van der Waals surface area contributed by atoms with E-state index in [0.29, 0.717) is 15.6 Å². The zero-order chi connectivity index (χ0) is 14.8. The minimum Gasteiger partial charge on any atom is -0.278 e. The van der Waals surface area contributed by atoms with Crippen molar-refractivity contribution in [3.05, 3.63) is 70.1 Å². The molecule has 1 saturated heterocycles. The first-order valence-electron chi connectivity index (χ1n) is 6.28. The number of thioether (sulfide) groups is 1. The number of amides is 1. The molecule has 5 heteroatoms. The summed E-state index contributed by atoms with van der Waals surface area (Å²) in [7, 11) is 0. The van der Waals surface area contributed by atoms with Gasteiger partial charge in [0.05, 0.1) is 10.6 Å². The highest BCUT2D eigenvalue weighted by atomic mass is 35.5. The average molecular weight is 315 g/mol. The second-order valence-corrected chi connectivity index (χ2v) is 5.91. The molecule has 1 aliphatic rings. The van der Waals surface area contributed by atoms with E-state index in [-0.39, 0.29) is 11.1 Å². The number of carbonyl (C=O) groups is 1. The Hall–Kier alpha value is -2.04. The summed E-state index contributed by atoms with van der Waals surface area (Å²) in [5, 5.41) is 8.88. The molecule has 1 fully saturated rings. The van der Waals surface area contributed by atoms with Gasteiger partial charge in [0.1, 0.15) is 0 Å². The van der Waals surface area contributed by atoms with Crippen LogP contribution in [-0.4, -0.2) is 11.1 Å². The molecule has 0 aliphatic carbocycles. The number of nitrogens with zero attached hydrogens (tertiary/aromatic N) is 1. The van der Waals surface area contributed by atoms with Gasteiger partial charge in [-0.15, -0.1) is 0 Å². The monoisotopic (exact) mass is 314 g/mol. The lowest BCUT2D eigenvalue weighted by Gasteiger charge is -2.13. The predicted molar refractivity (Wildman–Crippen MR) is 88.7 cm³/mol. The summed E-state index contributed by atoms with van der Waals surface area (Å²) in [6.45, 7) is 0. The Bertz CT molecular complexity index is 726. The van der Waals surface area contributed by atoms with Gasteiger partial charge in [0.25, 0.3) is 5.91 Å². The van der Waals surface area contributed by atoms with Gasteiger partial charge >= 0.3 is 0 Å². The first-order chi connectivity index (χ1) is 10.1. The minimum absolute atomic E-state index is 0.175. The SMILES string of the molecule is N=C1S/C(=C/c2ccc(Cl)cc2)C(=O)N1c1ccccc1. The van der Waals surface area contributed by atoms with Crippen molar-refractivity contribution in [1.29, 1.82) is 5.41 Å². The molecule has 0 bridgehead atoms. The van der Waals surface area contributed by atoms with Crippen LogP contribution in [0.15, 0.2) is 59.5 Å². The lowest BCUT2D eigenvalue weighted by molar-refractivity contribution is -0.113. The van der Waals surface area contributed by atoms with E-state index < -0.39 is 0 Å². The van der Waals surface area contributed by atoms with Crippen molar-refractivity contribution >= 4 is 46.2 Å². The molecule has 3 nitrogen and oxygen atoms in total. The molecular formula is C16H11ClN2OS. The molecule has 104 valence electrons. The van der Waals surface area contributed by atoms with E-state index in [0.717, 1.165) is 17.3 Å². The van der Waals surface area contributed by atoms with E-state index in [9.17, 15) is 4.79 Å². The van der Waals surface area contributed by atoms with Crippen LogP contribution in [0.1, 0.15) is 5.56 Å². The smallest absolute Gasteiger partial charge is 0.271 e. The Labute approximate surface area is 131 Å². The number of para-hydroxylation sites is 1. The van der Waals surface area contributed by atoms with Crippen LogP contribution in [0.2, 0.25) is 5.02 Å². The highest BCUT2D eigenvalue weighted by molar-refractivity contribution is 8.19. The van der Waals surface area contributed by atoms with Gasteiger partial charge in [-0.3, -0.25) is 15.1 Å². The fourth-order valence-corrected chi connectivity index (χ4v) is 3.00. The summed E-state index contributed by atoms with van der Waals surface area (Å²) >= 11 is 7.01. The molecular weight excluding hydrogens is 304 g/mol. The third-order valence-electron chi connectivity index (χ3n) is 3.01. The number of carbonyl (C=O) groups excluding carboxylic acids is 1. The van der Waals surface area contributed by atoms with Crippen molar-refractivity contribution in [1.82, 2.24) is 0 Å². The molecule has 0 atom stereocenters. The van der Waals surface area contributed by atoms with E-state index in [2.05, 4.69) is 0 Å². The van der Waals surface area contributed by atoms with Crippen LogP contribution < -0.4 is 4.90 Å². The second-order valence-electron chi connectivity index (χ2n) is 4.44. The standard InChI is InChI=1S/C16H11ClN2OS/c17-12-8-6-11(7-9-12)10-14-15(20)19(16(18)21-14)13-4-2-1-3-5-13/h1-10,18H/b14-10+,18-16?. The van der Waals surface area contributed by atoms with Crippen LogP contribution in [0.4, 0.5) is 5.69 Å². The molecule has 2 aromatic rings. The largest absolute Gasteiger partial charge is 0.278 e. The van der Waals surface area contributed by atoms with Crippen molar-refractivity contribution in [2.75, 3.05) is 4.90 Å². The van der Waals surface area contributed by atoms with E-state index in [1.54, 1.807) is 18.2 Å². The number of rotatable bonds is 2. The topological polar surface area (TPSA) is 44.2 Å². The number of anilines is 1. The van der Waals surface area contributed by atoms with Crippen LogP contribution in [0, 0.1) is 5.41 Å². The minimum atomic E-state index is -0.175. The number of hydrogen-bond acceptors (Lipinski definition) is 3.